The number of benzene rings is 1. The normalized spacial score (nSPS) is 10.8. The van der Waals surface area contributed by atoms with Crippen molar-refractivity contribution in [3.05, 3.63) is 29.8 Å². The summed E-state index contributed by atoms with van der Waals surface area (Å²) in [4.78, 5) is 26.8. The number of unbranched alkanes of at least 4 members (excludes halogenated alkanes) is 4. The van der Waals surface area contributed by atoms with Gasteiger partial charge in [-0.15, -0.1) is 10.2 Å². The molecule has 0 aliphatic rings. The lowest BCUT2D eigenvalue weighted by Gasteiger charge is -2.22. The van der Waals surface area contributed by atoms with Crippen molar-refractivity contribution in [2.45, 2.75) is 72.1 Å². The van der Waals surface area contributed by atoms with Crippen LogP contribution in [-0.2, 0) is 9.59 Å². The van der Waals surface area contributed by atoms with Crippen LogP contribution in [0.1, 0.15) is 70.8 Å². The van der Waals surface area contributed by atoms with Gasteiger partial charge in [-0.05, 0) is 19.8 Å². The predicted octanol–water partition coefficient (Wildman–Crippen LogP) is 5.44. The molecule has 2 amide bonds. The van der Waals surface area contributed by atoms with Crippen LogP contribution in [-0.4, -0.2) is 40.0 Å². The number of nitrogens with one attached hydrogen (secondary N) is 1. The van der Waals surface area contributed by atoms with Crippen LogP contribution in [0.4, 0.5) is 5.13 Å². The Morgan fingerprint density at radius 3 is 2.37 bits per heavy atom. The second kappa shape index (κ2) is 13.1. The fraction of sp³-hybridized carbons (Fsp3) is 0.565. The van der Waals surface area contributed by atoms with Gasteiger partial charge in [0.05, 0.1) is 0 Å². The number of amides is 2. The Balaban J connectivity index is 1.84. The lowest BCUT2D eigenvalue weighted by Crippen LogP contribution is -2.34. The van der Waals surface area contributed by atoms with Gasteiger partial charge >= 0.3 is 0 Å². The van der Waals surface area contributed by atoms with Crippen LogP contribution < -0.4 is 5.32 Å². The number of carbonyl (C=O) groups is 2. The minimum Gasteiger partial charge on any atom is -0.342 e. The third kappa shape index (κ3) is 8.22. The smallest absolute Gasteiger partial charge is 0.227 e. The van der Waals surface area contributed by atoms with Gasteiger partial charge in [0.1, 0.15) is 5.01 Å². The molecule has 6 nitrogen and oxygen atoms in total. The Bertz CT molecular complexity index is 789. The third-order valence-electron chi connectivity index (χ3n) is 4.96. The summed E-state index contributed by atoms with van der Waals surface area (Å²) in [7, 11) is 0. The van der Waals surface area contributed by atoms with E-state index in [4.69, 9.17) is 0 Å². The molecule has 0 unspecified atom stereocenters. The van der Waals surface area contributed by atoms with E-state index in [1.54, 1.807) is 0 Å². The summed E-state index contributed by atoms with van der Waals surface area (Å²) in [6.45, 7) is 7.47. The zero-order valence-electron chi connectivity index (χ0n) is 18.4. The average Bonchev–Trinajstić information content (AvgIpc) is 3.20. The zero-order chi connectivity index (χ0) is 21.8. The zero-order valence-corrected chi connectivity index (χ0v) is 19.3. The van der Waals surface area contributed by atoms with Gasteiger partial charge < -0.3 is 10.2 Å². The fourth-order valence-corrected chi connectivity index (χ4v) is 3.84. The van der Waals surface area contributed by atoms with Crippen molar-refractivity contribution in [1.82, 2.24) is 15.1 Å². The number of carbonyl (C=O) groups excluding carboxylic acids is 2. The van der Waals surface area contributed by atoms with Gasteiger partial charge in [0, 0.05) is 31.5 Å². The van der Waals surface area contributed by atoms with Gasteiger partial charge in [0.15, 0.2) is 0 Å². The second-order valence-corrected chi connectivity index (χ2v) is 8.60. The molecule has 0 saturated heterocycles. The molecule has 0 bridgehead atoms. The van der Waals surface area contributed by atoms with E-state index >= 15 is 0 Å². The van der Waals surface area contributed by atoms with Gasteiger partial charge in [-0.3, -0.25) is 9.59 Å². The van der Waals surface area contributed by atoms with Gasteiger partial charge in [-0.1, -0.05) is 80.7 Å². The summed E-state index contributed by atoms with van der Waals surface area (Å²) in [6.07, 6.45) is 7.16. The SMILES string of the molecule is CCCCCCC(=O)N(CCCC)CCC(=O)Nc1nnc(-c2ccc(C)cc2)s1. The molecule has 0 fully saturated rings. The first-order chi connectivity index (χ1) is 14.5. The van der Waals surface area contributed by atoms with Crippen LogP contribution in [0.25, 0.3) is 10.6 Å². The Morgan fingerprint density at radius 1 is 0.933 bits per heavy atom. The fourth-order valence-electron chi connectivity index (χ4n) is 3.08. The lowest BCUT2D eigenvalue weighted by atomic mass is 10.1. The highest BCUT2D eigenvalue weighted by atomic mass is 32.1. The maximum atomic E-state index is 12.5. The van der Waals surface area contributed by atoms with Crippen molar-refractivity contribution in [3.8, 4) is 10.6 Å². The predicted molar refractivity (Wildman–Crippen MR) is 124 cm³/mol. The van der Waals surface area contributed by atoms with E-state index in [1.807, 2.05) is 36.1 Å². The van der Waals surface area contributed by atoms with Gasteiger partial charge in [0.2, 0.25) is 16.9 Å². The number of nitrogens with zero attached hydrogens (tertiary/aromatic N) is 3. The quantitative estimate of drug-likeness (QED) is 0.429. The molecule has 1 N–H and O–H groups in total. The summed E-state index contributed by atoms with van der Waals surface area (Å²) >= 11 is 1.36. The Morgan fingerprint density at radius 2 is 1.67 bits per heavy atom. The van der Waals surface area contributed by atoms with Crippen LogP contribution in [0.15, 0.2) is 24.3 Å². The van der Waals surface area contributed by atoms with Crippen LogP contribution in [0.3, 0.4) is 0 Å². The Labute approximate surface area is 184 Å². The highest BCUT2D eigenvalue weighted by molar-refractivity contribution is 7.18. The summed E-state index contributed by atoms with van der Waals surface area (Å²) in [5, 5.41) is 12.3. The number of anilines is 1. The summed E-state index contributed by atoms with van der Waals surface area (Å²) in [5.74, 6) is 0.0202. The average molecular weight is 431 g/mol. The van der Waals surface area contributed by atoms with Crippen molar-refractivity contribution in [2.75, 3.05) is 18.4 Å². The number of hydrogen-bond acceptors (Lipinski definition) is 5. The van der Waals surface area contributed by atoms with E-state index in [0.29, 0.717) is 24.6 Å². The van der Waals surface area contributed by atoms with E-state index in [2.05, 4.69) is 29.4 Å². The Kier molecular flexibility index (Phi) is 10.5. The van der Waals surface area contributed by atoms with Crippen molar-refractivity contribution in [2.24, 2.45) is 0 Å². The minimum atomic E-state index is -0.137. The molecular weight excluding hydrogens is 396 g/mol. The van der Waals surface area contributed by atoms with Crippen molar-refractivity contribution in [1.29, 1.82) is 0 Å². The largest absolute Gasteiger partial charge is 0.342 e. The van der Waals surface area contributed by atoms with Gasteiger partial charge in [0.25, 0.3) is 0 Å². The molecule has 164 valence electrons. The topological polar surface area (TPSA) is 75.2 Å². The van der Waals surface area contributed by atoms with Gasteiger partial charge in [-0.2, -0.15) is 0 Å². The first-order valence-corrected chi connectivity index (χ1v) is 11.8. The molecule has 1 heterocycles. The summed E-state index contributed by atoms with van der Waals surface area (Å²) in [6, 6.07) is 8.05. The van der Waals surface area contributed by atoms with E-state index in [-0.39, 0.29) is 18.2 Å². The molecule has 0 spiro atoms. The van der Waals surface area contributed by atoms with E-state index in [0.717, 1.165) is 49.1 Å². The van der Waals surface area contributed by atoms with E-state index < -0.39 is 0 Å². The molecule has 7 heteroatoms. The molecular formula is C23H34N4O2S. The van der Waals surface area contributed by atoms with Crippen molar-refractivity contribution in [3.63, 3.8) is 0 Å². The van der Waals surface area contributed by atoms with Crippen molar-refractivity contribution >= 4 is 28.3 Å². The molecule has 1 aromatic heterocycles. The first-order valence-electron chi connectivity index (χ1n) is 11.0. The number of aromatic nitrogens is 2. The molecule has 0 aliphatic heterocycles. The molecule has 0 aliphatic carbocycles. The number of rotatable bonds is 13. The van der Waals surface area contributed by atoms with Crippen LogP contribution in [0, 0.1) is 6.92 Å². The third-order valence-corrected chi connectivity index (χ3v) is 5.84. The highest BCUT2D eigenvalue weighted by Gasteiger charge is 2.15. The van der Waals surface area contributed by atoms with Crippen molar-refractivity contribution < 1.29 is 9.59 Å². The second-order valence-electron chi connectivity index (χ2n) is 7.62. The minimum absolute atomic E-state index is 0.137. The van der Waals surface area contributed by atoms with E-state index in [9.17, 15) is 9.59 Å². The molecule has 30 heavy (non-hydrogen) atoms. The Hall–Kier alpha value is -2.28. The van der Waals surface area contributed by atoms with Crippen LogP contribution >= 0.6 is 11.3 Å². The lowest BCUT2D eigenvalue weighted by molar-refractivity contribution is -0.131. The summed E-state index contributed by atoms with van der Waals surface area (Å²) < 4.78 is 0. The standard InChI is InChI=1S/C23H34N4O2S/c1-4-6-8-9-10-21(29)27(16-7-5-2)17-15-20(28)24-23-26-25-22(30-23)19-13-11-18(3)12-14-19/h11-14H,4-10,15-17H2,1-3H3,(H,24,26,28). The molecule has 0 saturated carbocycles. The van der Waals surface area contributed by atoms with Crippen LogP contribution in [0.5, 0.6) is 0 Å². The van der Waals surface area contributed by atoms with Gasteiger partial charge in [-0.25, -0.2) is 0 Å². The molecule has 2 rings (SSSR count). The monoisotopic (exact) mass is 430 g/mol. The summed E-state index contributed by atoms with van der Waals surface area (Å²) in [5.41, 5.74) is 2.17. The maximum Gasteiger partial charge on any atom is 0.227 e. The van der Waals surface area contributed by atoms with Crippen LogP contribution in [0.2, 0.25) is 0 Å². The number of aryl methyl sites for hydroxylation is 1. The molecule has 2 aromatic rings. The molecule has 1 aromatic carbocycles. The maximum absolute atomic E-state index is 12.5. The molecule has 0 atom stereocenters. The number of hydrogen-bond donors (Lipinski definition) is 1. The highest BCUT2D eigenvalue weighted by Crippen LogP contribution is 2.26. The first kappa shape index (κ1) is 24.0. The molecule has 0 radical (unpaired) electrons. The van der Waals surface area contributed by atoms with E-state index in [1.165, 1.54) is 16.9 Å².